The zero-order valence-electron chi connectivity index (χ0n) is 10.6. The lowest BCUT2D eigenvalue weighted by molar-refractivity contribution is -0.846. The predicted octanol–water partition coefficient (Wildman–Crippen LogP) is -0.389. The molecular formula is C8H11N3O10. The lowest BCUT2D eigenvalue weighted by Gasteiger charge is -2.26. The zero-order chi connectivity index (χ0) is 17.0. The van der Waals surface area contributed by atoms with Gasteiger partial charge in [0.1, 0.15) is 16.3 Å². The highest BCUT2D eigenvalue weighted by atomic mass is 16.7. The molecule has 0 rings (SSSR count). The van der Waals surface area contributed by atoms with Gasteiger partial charge in [0.2, 0.25) is 0 Å². The number of carboxylic acids is 2. The van der Waals surface area contributed by atoms with Crippen molar-refractivity contribution >= 4 is 11.9 Å². The summed E-state index contributed by atoms with van der Waals surface area (Å²) < 4.78 is 0. The molecule has 0 spiro atoms. The fourth-order valence-corrected chi connectivity index (χ4v) is 2.00. The van der Waals surface area contributed by atoms with Crippen molar-refractivity contribution in [3.63, 3.8) is 0 Å². The Morgan fingerprint density at radius 2 is 1.43 bits per heavy atom. The van der Waals surface area contributed by atoms with Crippen LogP contribution in [0.1, 0.15) is 26.2 Å². The summed E-state index contributed by atoms with van der Waals surface area (Å²) >= 11 is 0. The summed E-state index contributed by atoms with van der Waals surface area (Å²) in [5.74, 6) is -4.07. The molecule has 0 bridgehead atoms. The second-order valence-corrected chi connectivity index (χ2v) is 4.00. The Kier molecular flexibility index (Phi) is 5.24. The fourth-order valence-electron chi connectivity index (χ4n) is 2.00. The molecule has 0 aliphatic carbocycles. The maximum Gasteiger partial charge on any atom is 0.536 e. The van der Waals surface area contributed by atoms with Crippen LogP contribution in [-0.4, -0.2) is 48.1 Å². The Labute approximate surface area is 115 Å². The third-order valence-corrected chi connectivity index (χ3v) is 3.13. The van der Waals surface area contributed by atoms with Gasteiger partial charge >= 0.3 is 23.1 Å². The number of hydrogen-bond donors (Lipinski definition) is 2. The highest BCUT2D eigenvalue weighted by molar-refractivity contribution is 5.78. The van der Waals surface area contributed by atoms with Crippen LogP contribution in [-0.2, 0) is 9.59 Å². The van der Waals surface area contributed by atoms with Gasteiger partial charge in [0.15, 0.2) is 0 Å². The third kappa shape index (κ3) is 2.56. The van der Waals surface area contributed by atoms with E-state index in [-0.39, 0.29) is 0 Å². The van der Waals surface area contributed by atoms with Crippen LogP contribution in [0.15, 0.2) is 0 Å². The number of carboxylic acid groups (broad SMARTS) is 2. The van der Waals surface area contributed by atoms with Gasteiger partial charge < -0.3 is 10.2 Å². The first-order chi connectivity index (χ1) is 9.50. The first kappa shape index (κ1) is 18.1. The molecule has 0 aromatic heterocycles. The van der Waals surface area contributed by atoms with Crippen LogP contribution in [0.2, 0.25) is 0 Å². The normalized spacial score (nSPS) is 14.0. The number of nitro groups is 3. The van der Waals surface area contributed by atoms with E-state index in [0.29, 0.717) is 0 Å². The van der Waals surface area contributed by atoms with Gasteiger partial charge in [-0.1, -0.05) is 6.92 Å². The van der Waals surface area contributed by atoms with Crippen LogP contribution < -0.4 is 0 Å². The second kappa shape index (κ2) is 6.06. The Morgan fingerprint density at radius 3 is 1.62 bits per heavy atom. The maximum atomic E-state index is 11.2. The SMILES string of the molecule is CCC(C(=O)O)([N+](=O)[O-])C(CCC(=O)O)([N+](=O)[O-])[N+](=O)[O-]. The molecule has 0 radical (unpaired) electrons. The van der Waals surface area contributed by atoms with Crippen LogP contribution in [0.25, 0.3) is 0 Å². The number of aliphatic carboxylic acids is 2. The lowest BCUT2D eigenvalue weighted by Crippen LogP contribution is -2.71. The van der Waals surface area contributed by atoms with Gasteiger partial charge in [0, 0.05) is 6.42 Å². The minimum Gasteiger partial charge on any atom is -0.481 e. The smallest absolute Gasteiger partial charge is 0.481 e. The molecule has 0 heterocycles. The maximum absolute atomic E-state index is 11.2. The van der Waals surface area contributed by atoms with Gasteiger partial charge in [-0.15, -0.1) is 0 Å². The van der Waals surface area contributed by atoms with Gasteiger partial charge in [-0.3, -0.25) is 35.1 Å². The summed E-state index contributed by atoms with van der Waals surface area (Å²) in [7, 11) is 0. The molecule has 2 N–H and O–H groups in total. The molecule has 1 atom stereocenters. The van der Waals surface area contributed by atoms with Gasteiger partial charge in [0.25, 0.3) is 0 Å². The summed E-state index contributed by atoms with van der Waals surface area (Å²) in [4.78, 5) is 49.9. The molecule has 0 saturated heterocycles. The average Bonchev–Trinajstić information content (AvgIpc) is 2.32. The molecule has 21 heavy (non-hydrogen) atoms. The van der Waals surface area contributed by atoms with Crippen molar-refractivity contribution in [3.8, 4) is 0 Å². The van der Waals surface area contributed by atoms with E-state index in [1.807, 2.05) is 0 Å². The van der Waals surface area contributed by atoms with Gasteiger partial charge in [0.05, 0.1) is 11.3 Å². The van der Waals surface area contributed by atoms with Crippen molar-refractivity contribution in [1.29, 1.82) is 0 Å². The summed E-state index contributed by atoms with van der Waals surface area (Å²) in [6.45, 7) is 0.861. The molecule has 0 aromatic carbocycles. The number of carbonyl (C=O) groups is 2. The molecule has 0 fully saturated rings. The minimum atomic E-state index is -3.80. The quantitative estimate of drug-likeness (QED) is 0.320. The standard InChI is InChI=1S/C8H11N3O10/c1-2-7(6(14)15,9(16)17)8(10(18)19,11(20)21)4-3-5(12)13/h2-4H2,1H3,(H,12,13)(H,14,15). The van der Waals surface area contributed by atoms with Crippen molar-refractivity contribution in [3.05, 3.63) is 30.3 Å². The van der Waals surface area contributed by atoms with E-state index in [1.54, 1.807) is 0 Å². The summed E-state index contributed by atoms with van der Waals surface area (Å²) in [6.07, 6.45) is -3.69. The van der Waals surface area contributed by atoms with E-state index in [4.69, 9.17) is 10.2 Å². The average molecular weight is 309 g/mol. The number of rotatable bonds is 9. The van der Waals surface area contributed by atoms with E-state index >= 15 is 0 Å². The van der Waals surface area contributed by atoms with E-state index in [9.17, 15) is 39.9 Å². The molecule has 0 aliphatic heterocycles. The van der Waals surface area contributed by atoms with Crippen LogP contribution >= 0.6 is 0 Å². The number of nitrogens with zero attached hydrogens (tertiary/aromatic N) is 3. The van der Waals surface area contributed by atoms with Crippen molar-refractivity contribution in [2.75, 3.05) is 0 Å². The Morgan fingerprint density at radius 1 is 1.00 bits per heavy atom. The largest absolute Gasteiger partial charge is 0.536 e. The van der Waals surface area contributed by atoms with Crippen LogP contribution in [0, 0.1) is 30.3 Å². The van der Waals surface area contributed by atoms with E-state index in [1.165, 1.54) is 0 Å². The van der Waals surface area contributed by atoms with Crippen molar-refractivity contribution < 1.29 is 34.6 Å². The highest BCUT2D eigenvalue weighted by Gasteiger charge is 2.84. The van der Waals surface area contributed by atoms with Gasteiger partial charge in [-0.25, -0.2) is 4.79 Å². The molecule has 0 saturated carbocycles. The van der Waals surface area contributed by atoms with E-state index in [0.717, 1.165) is 6.92 Å². The van der Waals surface area contributed by atoms with Crippen molar-refractivity contribution in [1.82, 2.24) is 0 Å². The fraction of sp³-hybridized carbons (Fsp3) is 0.750. The molecule has 1 unspecified atom stereocenters. The Hall–Kier alpha value is -2.86. The van der Waals surface area contributed by atoms with Crippen LogP contribution in [0.4, 0.5) is 0 Å². The molecule has 118 valence electrons. The third-order valence-electron chi connectivity index (χ3n) is 3.13. The highest BCUT2D eigenvalue weighted by Crippen LogP contribution is 2.37. The van der Waals surface area contributed by atoms with Gasteiger partial charge in [-0.2, -0.15) is 0 Å². The molecule has 13 nitrogen and oxygen atoms in total. The van der Waals surface area contributed by atoms with E-state index in [2.05, 4.69) is 0 Å². The molecule has 0 amide bonds. The number of hydrogen-bond acceptors (Lipinski definition) is 8. The Balaban J connectivity index is 6.49. The van der Waals surface area contributed by atoms with E-state index < -0.39 is 57.2 Å². The minimum absolute atomic E-state index is 0.861. The first-order valence-electron chi connectivity index (χ1n) is 5.39. The van der Waals surface area contributed by atoms with Crippen LogP contribution in [0.3, 0.4) is 0 Å². The molecule has 0 aliphatic rings. The first-order valence-corrected chi connectivity index (χ1v) is 5.39. The zero-order valence-corrected chi connectivity index (χ0v) is 10.6. The van der Waals surface area contributed by atoms with Gasteiger partial charge in [-0.05, 0) is 0 Å². The lowest BCUT2D eigenvalue weighted by atomic mass is 9.79. The molecular weight excluding hydrogens is 298 g/mol. The summed E-state index contributed by atoms with van der Waals surface area (Å²) in [6, 6.07) is 0. The van der Waals surface area contributed by atoms with Crippen LogP contribution in [0.5, 0.6) is 0 Å². The summed E-state index contributed by atoms with van der Waals surface area (Å²) in [5, 5.41) is 50.7. The Bertz CT molecular complexity index is 473. The summed E-state index contributed by atoms with van der Waals surface area (Å²) in [5.41, 5.74) is -7.38. The monoisotopic (exact) mass is 309 g/mol. The topological polar surface area (TPSA) is 204 Å². The molecule has 13 heteroatoms. The van der Waals surface area contributed by atoms with Crippen molar-refractivity contribution in [2.45, 2.75) is 37.4 Å². The predicted molar refractivity (Wildman–Crippen MR) is 61.2 cm³/mol. The molecule has 0 aromatic rings. The second-order valence-electron chi connectivity index (χ2n) is 4.00. The van der Waals surface area contributed by atoms with Crippen molar-refractivity contribution in [2.24, 2.45) is 0 Å².